The standard InChI is InChI=1S/C29H32FN7O9P2/c1-3-20(38)12-17-5-4-6-18(11-17)26-21-16-31-35-28(21)34-29(33-26)32-19-13-22(30)27(37-9-7-36(2)8-10-37)23(14-19)46-24(39)15-25(47(40,41)42)48(43,44)45/h3-6,11,13-14,16,25H,1,7-10,12,15H2,2H3,(H2,40,41,42)(H2,43,44,45)(H2,31,32,33,34,35). The topological polar surface area (TPSA) is 231 Å². The van der Waals surface area contributed by atoms with Gasteiger partial charge < -0.3 is 39.4 Å². The van der Waals surface area contributed by atoms with Gasteiger partial charge in [0.25, 0.3) is 0 Å². The molecule has 1 saturated heterocycles. The molecule has 5 rings (SSSR count). The molecule has 3 heterocycles. The van der Waals surface area contributed by atoms with E-state index in [0.717, 1.165) is 11.6 Å². The molecule has 1 aliphatic heterocycles. The molecule has 0 saturated carbocycles. The zero-order valence-electron chi connectivity index (χ0n) is 25.5. The van der Waals surface area contributed by atoms with E-state index in [9.17, 15) is 38.3 Å². The van der Waals surface area contributed by atoms with Crippen LogP contribution in [-0.4, -0.2) is 95.0 Å². The lowest BCUT2D eigenvalue weighted by Crippen LogP contribution is -2.45. The molecule has 48 heavy (non-hydrogen) atoms. The van der Waals surface area contributed by atoms with Crippen molar-refractivity contribution in [3.8, 4) is 17.0 Å². The van der Waals surface area contributed by atoms with Crippen molar-refractivity contribution in [3.05, 3.63) is 66.6 Å². The molecule has 2 aromatic carbocycles. The van der Waals surface area contributed by atoms with Gasteiger partial charge in [-0.15, -0.1) is 0 Å². The number of allylic oxidation sites excluding steroid dienone is 1. The smallest absolute Gasteiger partial charge is 0.341 e. The maximum absolute atomic E-state index is 15.9. The molecular formula is C29H32FN7O9P2. The summed E-state index contributed by atoms with van der Waals surface area (Å²) in [6.45, 7) is 5.30. The number of likely N-dealkylation sites (N-methyl/N-ethyl adjacent to an activating group) is 1. The van der Waals surface area contributed by atoms with Gasteiger partial charge in [0.1, 0.15) is 5.69 Å². The van der Waals surface area contributed by atoms with Crippen molar-refractivity contribution < 1.29 is 47.4 Å². The van der Waals surface area contributed by atoms with Crippen LogP contribution in [-0.2, 0) is 25.1 Å². The lowest BCUT2D eigenvalue weighted by Gasteiger charge is -2.35. The molecule has 2 aromatic heterocycles. The third kappa shape index (κ3) is 8.20. The van der Waals surface area contributed by atoms with Gasteiger partial charge >= 0.3 is 21.2 Å². The van der Waals surface area contributed by atoms with E-state index in [2.05, 4.69) is 32.1 Å². The Labute approximate surface area is 273 Å². The van der Waals surface area contributed by atoms with Gasteiger partial charge in [-0.1, -0.05) is 24.8 Å². The molecular weight excluding hydrogens is 671 g/mol. The predicted octanol–water partition coefficient (Wildman–Crippen LogP) is 2.93. The van der Waals surface area contributed by atoms with Crippen molar-refractivity contribution in [2.75, 3.05) is 43.4 Å². The van der Waals surface area contributed by atoms with E-state index in [1.807, 2.05) is 11.9 Å². The van der Waals surface area contributed by atoms with Crippen molar-refractivity contribution in [2.24, 2.45) is 0 Å². The van der Waals surface area contributed by atoms with Gasteiger partial charge in [-0.3, -0.25) is 23.8 Å². The highest BCUT2D eigenvalue weighted by molar-refractivity contribution is 7.70. The van der Waals surface area contributed by atoms with Crippen molar-refractivity contribution in [3.63, 3.8) is 0 Å². The minimum absolute atomic E-state index is 0.0126. The van der Waals surface area contributed by atoms with E-state index < -0.39 is 38.8 Å². The number of anilines is 3. The maximum Gasteiger partial charge on any atom is 0.341 e. The molecule has 16 nitrogen and oxygen atoms in total. The Morgan fingerprint density at radius 1 is 1.10 bits per heavy atom. The van der Waals surface area contributed by atoms with E-state index in [0.29, 0.717) is 48.5 Å². The van der Waals surface area contributed by atoms with Crippen LogP contribution in [0.1, 0.15) is 12.0 Å². The lowest BCUT2D eigenvalue weighted by atomic mass is 10.0. The van der Waals surface area contributed by atoms with Crippen LogP contribution in [0.3, 0.4) is 0 Å². The first-order valence-corrected chi connectivity index (χ1v) is 17.8. The first kappa shape index (κ1) is 35.0. The van der Waals surface area contributed by atoms with Crippen LogP contribution < -0.4 is 15.0 Å². The Bertz CT molecular complexity index is 1950. The number of nitrogens with zero attached hydrogens (tertiary/aromatic N) is 5. The average molecular weight is 704 g/mol. The molecule has 0 bridgehead atoms. The van der Waals surface area contributed by atoms with E-state index in [1.165, 1.54) is 18.3 Å². The summed E-state index contributed by atoms with van der Waals surface area (Å²) >= 11 is 0. The molecule has 4 aromatic rings. The number of ketones is 1. The summed E-state index contributed by atoms with van der Waals surface area (Å²) < 4.78 is 44.8. The molecule has 254 valence electrons. The Morgan fingerprint density at radius 2 is 1.81 bits per heavy atom. The molecule has 0 aliphatic carbocycles. The third-order valence-electron chi connectivity index (χ3n) is 7.57. The largest absolute Gasteiger partial charge is 0.424 e. The van der Waals surface area contributed by atoms with Gasteiger partial charge in [0.15, 0.2) is 28.4 Å². The molecule has 0 atom stereocenters. The maximum atomic E-state index is 15.9. The fourth-order valence-electron chi connectivity index (χ4n) is 5.15. The first-order valence-electron chi connectivity index (χ1n) is 14.4. The second kappa shape index (κ2) is 14.0. The summed E-state index contributed by atoms with van der Waals surface area (Å²) in [5.74, 6) is -2.75. The SMILES string of the molecule is C=CC(=O)Cc1cccc(-c2nc(Nc3cc(F)c(N4CCN(C)CC4)c(OC(=O)CC(P(=O)(O)O)P(=O)(O)O)c3)nc3[nH]ncc23)c1. The highest BCUT2D eigenvalue weighted by Crippen LogP contribution is 2.61. The monoisotopic (exact) mass is 703 g/mol. The molecule has 1 aliphatic rings. The van der Waals surface area contributed by atoms with Crippen LogP contribution in [0.25, 0.3) is 22.3 Å². The fraction of sp³-hybridized carbons (Fsp3) is 0.276. The van der Waals surface area contributed by atoms with E-state index in [-0.39, 0.29) is 35.3 Å². The summed E-state index contributed by atoms with van der Waals surface area (Å²) in [6.07, 6.45) is 1.56. The van der Waals surface area contributed by atoms with Crippen LogP contribution in [0.4, 0.5) is 21.7 Å². The zero-order valence-corrected chi connectivity index (χ0v) is 27.3. The van der Waals surface area contributed by atoms with Gasteiger partial charge in [-0.2, -0.15) is 10.1 Å². The van der Waals surface area contributed by atoms with Crippen LogP contribution >= 0.6 is 15.2 Å². The Morgan fingerprint density at radius 3 is 2.48 bits per heavy atom. The number of hydrogen-bond acceptors (Lipinski definition) is 11. The highest BCUT2D eigenvalue weighted by Gasteiger charge is 2.45. The number of fused-ring (bicyclic) bond motifs is 1. The summed E-state index contributed by atoms with van der Waals surface area (Å²) in [4.78, 5) is 75.4. The fourth-order valence-corrected chi connectivity index (χ4v) is 7.49. The minimum Gasteiger partial charge on any atom is -0.424 e. The second-order valence-electron chi connectivity index (χ2n) is 11.1. The molecule has 0 spiro atoms. The summed E-state index contributed by atoms with van der Waals surface area (Å²) in [7, 11) is -8.99. The number of aromatic amines is 1. The van der Waals surface area contributed by atoms with E-state index in [1.54, 1.807) is 29.2 Å². The molecule has 6 N–H and O–H groups in total. The number of ether oxygens (including phenoxy) is 1. The number of hydrogen-bond donors (Lipinski definition) is 6. The summed E-state index contributed by atoms with van der Waals surface area (Å²) in [6, 6.07) is 9.49. The Kier molecular flexibility index (Phi) is 10.2. The number of rotatable bonds is 12. The average Bonchev–Trinajstić information content (AvgIpc) is 3.48. The number of halogens is 1. The van der Waals surface area contributed by atoms with Gasteiger partial charge in [0, 0.05) is 49.9 Å². The number of nitrogens with one attached hydrogen (secondary N) is 2. The van der Waals surface area contributed by atoms with Gasteiger partial charge in [0.2, 0.25) is 5.95 Å². The van der Waals surface area contributed by atoms with Crippen molar-refractivity contribution in [1.29, 1.82) is 0 Å². The number of carbonyl (C=O) groups is 2. The number of carbonyl (C=O) groups excluding carboxylic acids is 2. The predicted molar refractivity (Wildman–Crippen MR) is 174 cm³/mol. The number of piperazine rings is 1. The third-order valence-corrected chi connectivity index (χ3v) is 11.3. The van der Waals surface area contributed by atoms with Crippen molar-refractivity contribution in [1.82, 2.24) is 25.1 Å². The summed E-state index contributed by atoms with van der Waals surface area (Å²) in [5.41, 5.74) is 2.02. The minimum atomic E-state index is -5.44. The van der Waals surface area contributed by atoms with E-state index >= 15 is 4.39 Å². The van der Waals surface area contributed by atoms with E-state index in [4.69, 9.17) is 4.74 Å². The Balaban J connectivity index is 1.51. The quantitative estimate of drug-likeness (QED) is 0.0539. The number of esters is 1. The molecule has 1 fully saturated rings. The van der Waals surface area contributed by atoms with Crippen LogP contribution in [0.2, 0.25) is 0 Å². The second-order valence-corrected chi connectivity index (χ2v) is 15.1. The van der Waals surface area contributed by atoms with Gasteiger partial charge in [-0.05, 0) is 30.8 Å². The summed E-state index contributed by atoms with van der Waals surface area (Å²) in [5, 5.41) is 7.62. The van der Waals surface area contributed by atoms with Crippen LogP contribution in [0.15, 0.2) is 55.3 Å². The normalized spacial score (nSPS) is 14.4. The van der Waals surface area contributed by atoms with Crippen molar-refractivity contribution in [2.45, 2.75) is 18.2 Å². The number of H-pyrrole nitrogens is 1. The van der Waals surface area contributed by atoms with Crippen LogP contribution in [0.5, 0.6) is 5.75 Å². The molecule has 0 unspecified atom stereocenters. The number of benzene rings is 2. The molecule has 0 radical (unpaired) electrons. The van der Waals surface area contributed by atoms with Gasteiger partial charge in [0.05, 0.1) is 23.7 Å². The Hall–Kier alpha value is -4.34. The molecule has 19 heteroatoms. The number of aromatic nitrogens is 4. The highest BCUT2D eigenvalue weighted by atomic mass is 31.2. The first-order chi connectivity index (χ1) is 22.6. The lowest BCUT2D eigenvalue weighted by molar-refractivity contribution is -0.134. The van der Waals surface area contributed by atoms with Gasteiger partial charge in [-0.25, -0.2) is 9.37 Å². The zero-order chi connectivity index (χ0) is 34.8. The van der Waals surface area contributed by atoms with Crippen LogP contribution in [0, 0.1) is 5.82 Å². The van der Waals surface area contributed by atoms with Crippen molar-refractivity contribution >= 4 is 55.3 Å². The molecule has 0 amide bonds.